The molecule has 90 heavy (non-hydrogen) atoms. The highest BCUT2D eigenvalue weighted by molar-refractivity contribution is 9.10. The van der Waals surface area contributed by atoms with Gasteiger partial charge in [-0.3, -0.25) is 19.1 Å². The van der Waals surface area contributed by atoms with Crippen LogP contribution in [-0.2, 0) is 76.5 Å². The van der Waals surface area contributed by atoms with Crippen LogP contribution < -0.4 is 14.9 Å². The highest BCUT2D eigenvalue weighted by Crippen LogP contribution is 2.38. The van der Waals surface area contributed by atoms with Gasteiger partial charge in [0.15, 0.2) is 5.69 Å². The van der Waals surface area contributed by atoms with E-state index >= 15 is 0 Å². The van der Waals surface area contributed by atoms with E-state index in [1.54, 1.807) is 58.0 Å². The highest BCUT2D eigenvalue weighted by atomic mass is 79.9. The fraction of sp³-hybridized carbons (Fsp3) is 0.531. The molecule has 494 valence electrons. The van der Waals surface area contributed by atoms with Crippen molar-refractivity contribution in [1.29, 1.82) is 0 Å². The van der Waals surface area contributed by atoms with Gasteiger partial charge in [-0.05, 0) is 167 Å². The number of imidazole rings is 2. The second-order valence-electron chi connectivity index (χ2n) is 26.6. The minimum absolute atomic E-state index is 0.0289. The first kappa shape index (κ1) is 74.8. The SMILES string of the molecule is CCc1cc(OCC(C)(C)C(=O)OC)ccc1-c1ccc(-c2nc(C(F)(F)F)cn2COCC[Si](C)(C)C)cn1.CCc1cc(OCC(C)(C)C(=O)OC)ccc1B1OC(C)(C)C(C)(C)O1.C[Si](C)(C)CCOCn1c(C(F)(F)F)cnc1-c1ccc(Br)nc1. The molecule has 0 atom stereocenters. The van der Waals surface area contributed by atoms with Crippen molar-refractivity contribution >= 4 is 56.6 Å². The zero-order chi connectivity index (χ0) is 67.4. The summed E-state index contributed by atoms with van der Waals surface area (Å²) in [7, 11) is -0.294. The van der Waals surface area contributed by atoms with E-state index in [1.807, 2.05) is 65.0 Å². The summed E-state index contributed by atoms with van der Waals surface area (Å²) < 4.78 is 128. The standard InChI is InChI=1S/C29H38F3N3O4Si.C20H31BO5.C15H19BrF3N3OSi/c1-8-20-15-22(39-18-28(2,3)27(36)37-4)10-11-23(20)24-12-9-21(16-33-24)26-34-25(29(30,31)32)17-35(26)19-38-13-14-40(5,6)7;1-9-14-12-15(24-13-18(2,3)17(22)23-8)10-11-16(14)21-25-19(4,5)20(6,7)26-21;1-24(2,3)7-6-23-10-22-12(15(17,18)19)9-21-14(22)11-4-5-13(16)20-8-11/h9-12,15-17H,8,13-14,18-19H2,1-7H3;10-12H,9,13H2,1-8H3;4-5,8-9H,6-7,10H2,1-3H3. The molecule has 0 saturated carbocycles. The van der Waals surface area contributed by atoms with Crippen molar-refractivity contribution in [3.63, 3.8) is 0 Å². The predicted molar refractivity (Wildman–Crippen MR) is 346 cm³/mol. The number of carbonyl (C=O) groups is 2. The van der Waals surface area contributed by atoms with Gasteiger partial charge in [0.25, 0.3) is 0 Å². The Morgan fingerprint density at radius 3 is 1.60 bits per heavy atom. The Morgan fingerprint density at radius 1 is 0.633 bits per heavy atom. The summed E-state index contributed by atoms with van der Waals surface area (Å²) in [5.41, 5.74) is 1.56. The number of halogens is 7. The molecule has 0 amide bonds. The molecule has 0 bridgehead atoms. The molecule has 4 aromatic heterocycles. The van der Waals surface area contributed by atoms with E-state index < -0.39 is 57.8 Å². The molecule has 1 saturated heterocycles. The van der Waals surface area contributed by atoms with Gasteiger partial charge >= 0.3 is 31.4 Å². The van der Waals surface area contributed by atoms with Crippen LogP contribution in [0.2, 0.25) is 51.4 Å². The number of alkyl halides is 6. The number of rotatable bonds is 24. The number of nitrogens with zero attached hydrogens (tertiary/aromatic N) is 6. The van der Waals surface area contributed by atoms with E-state index in [0.29, 0.717) is 46.8 Å². The number of aryl methyl sites for hydroxylation is 2. The van der Waals surface area contributed by atoms with E-state index in [4.69, 9.17) is 37.7 Å². The van der Waals surface area contributed by atoms with Crippen molar-refractivity contribution in [2.24, 2.45) is 10.8 Å². The number of methoxy groups -OCH3 is 2. The monoisotopic (exact) mass is 1360 g/mol. The van der Waals surface area contributed by atoms with E-state index in [0.717, 1.165) is 63.4 Å². The maximum absolute atomic E-state index is 13.5. The zero-order valence-electron chi connectivity index (χ0n) is 55.1. The average molecular weight is 1360 g/mol. The van der Waals surface area contributed by atoms with Crippen molar-refractivity contribution < 1.29 is 73.7 Å². The smallest absolute Gasteiger partial charge is 0.492 e. The highest BCUT2D eigenvalue weighted by Gasteiger charge is 2.52. The van der Waals surface area contributed by atoms with Crippen LogP contribution >= 0.6 is 15.9 Å². The Balaban J connectivity index is 0.000000257. The molecule has 2 aromatic carbocycles. The lowest BCUT2D eigenvalue weighted by atomic mass is 9.75. The van der Waals surface area contributed by atoms with Crippen LogP contribution in [0.1, 0.15) is 91.8 Å². The van der Waals surface area contributed by atoms with Gasteiger partial charge in [0, 0.05) is 64.6 Å². The van der Waals surface area contributed by atoms with Gasteiger partial charge in [-0.1, -0.05) is 59.2 Å². The summed E-state index contributed by atoms with van der Waals surface area (Å²) in [6.07, 6.45) is -2.72. The molecule has 1 aliphatic rings. The third kappa shape index (κ3) is 21.1. The number of hydrogen-bond acceptors (Lipinski definition) is 14. The van der Waals surface area contributed by atoms with Crippen LogP contribution in [0, 0.1) is 10.8 Å². The van der Waals surface area contributed by atoms with Crippen LogP contribution in [0.5, 0.6) is 11.5 Å². The molecule has 26 heteroatoms. The third-order valence-corrected chi connectivity index (χ3v) is 19.0. The van der Waals surface area contributed by atoms with E-state index in [-0.39, 0.29) is 61.5 Å². The normalized spacial score (nSPS) is 14.3. The van der Waals surface area contributed by atoms with E-state index in [2.05, 4.69) is 82.1 Å². The Morgan fingerprint density at radius 2 is 1.13 bits per heavy atom. The van der Waals surface area contributed by atoms with Crippen molar-refractivity contribution in [3.8, 4) is 45.5 Å². The predicted octanol–water partition coefficient (Wildman–Crippen LogP) is 15.2. The largest absolute Gasteiger partial charge is 0.495 e. The first-order chi connectivity index (χ1) is 41.7. The van der Waals surface area contributed by atoms with Gasteiger partial charge in [-0.25, -0.2) is 15.0 Å². The molecular formula is C64H88BBrF6N6O10Si2. The van der Waals surface area contributed by atoms with Crippen molar-refractivity contribution in [1.82, 2.24) is 29.1 Å². The fourth-order valence-corrected chi connectivity index (χ4v) is 10.4. The molecular weight excluding hydrogens is 1270 g/mol. The average Bonchev–Trinajstić information content (AvgIpc) is 1.66. The number of aromatic nitrogens is 6. The van der Waals surface area contributed by atoms with Crippen molar-refractivity contribution in [2.45, 2.75) is 170 Å². The number of hydrogen-bond donors (Lipinski definition) is 0. The number of benzene rings is 2. The molecule has 0 aliphatic carbocycles. The van der Waals surface area contributed by atoms with Gasteiger partial charge in [0.05, 0.1) is 48.1 Å². The van der Waals surface area contributed by atoms with Crippen LogP contribution in [0.25, 0.3) is 34.0 Å². The number of carbonyl (C=O) groups excluding carboxylic acids is 2. The van der Waals surface area contributed by atoms with Crippen LogP contribution in [0.3, 0.4) is 0 Å². The first-order valence-corrected chi connectivity index (χ1v) is 37.9. The molecule has 1 aliphatic heterocycles. The van der Waals surface area contributed by atoms with Gasteiger partial charge in [0.1, 0.15) is 60.1 Å². The van der Waals surface area contributed by atoms with Crippen LogP contribution in [0.4, 0.5) is 26.3 Å². The summed E-state index contributed by atoms with van der Waals surface area (Å²) in [5.74, 6) is 1.03. The molecule has 16 nitrogen and oxygen atoms in total. The Hall–Kier alpha value is -5.90. The van der Waals surface area contributed by atoms with Gasteiger partial charge in [-0.15, -0.1) is 0 Å². The van der Waals surface area contributed by atoms with E-state index in [9.17, 15) is 35.9 Å². The number of pyridine rings is 2. The topological polar surface area (TPSA) is 169 Å². The summed E-state index contributed by atoms with van der Waals surface area (Å²) in [6, 6.07) is 20.1. The summed E-state index contributed by atoms with van der Waals surface area (Å²) in [6.45, 7) is 33.7. The molecule has 6 aromatic rings. The number of ether oxygens (including phenoxy) is 6. The summed E-state index contributed by atoms with van der Waals surface area (Å²) in [4.78, 5) is 40.1. The lowest BCUT2D eigenvalue weighted by molar-refractivity contribution is -0.153. The molecule has 7 rings (SSSR count). The Bertz CT molecular complexity index is 3310. The van der Waals surface area contributed by atoms with Crippen molar-refractivity contribution in [3.05, 3.63) is 113 Å². The quantitative estimate of drug-likeness (QED) is 0.0184. The summed E-state index contributed by atoms with van der Waals surface area (Å²) >= 11 is 3.20. The minimum Gasteiger partial charge on any atom is -0.492 e. The third-order valence-electron chi connectivity index (χ3n) is 15.1. The second kappa shape index (κ2) is 30.7. The molecule has 5 heterocycles. The van der Waals surface area contributed by atoms with Gasteiger partial charge in [-0.2, -0.15) is 26.3 Å². The molecule has 0 N–H and O–H groups in total. The van der Waals surface area contributed by atoms with Crippen LogP contribution in [-0.4, -0.2) is 116 Å². The maximum atomic E-state index is 13.5. The fourth-order valence-electron chi connectivity index (χ4n) is 8.69. The zero-order valence-corrected chi connectivity index (χ0v) is 58.7. The molecule has 1 fully saturated rings. The van der Waals surface area contributed by atoms with Gasteiger partial charge in [0.2, 0.25) is 0 Å². The second-order valence-corrected chi connectivity index (χ2v) is 38.7. The molecule has 0 unspecified atom stereocenters. The van der Waals surface area contributed by atoms with Crippen LogP contribution in [0.15, 0.2) is 90.1 Å². The molecule has 0 radical (unpaired) electrons. The summed E-state index contributed by atoms with van der Waals surface area (Å²) in [5, 5.41) is 0. The number of esters is 2. The maximum Gasteiger partial charge on any atom is 0.495 e. The van der Waals surface area contributed by atoms with Gasteiger partial charge < -0.3 is 42.3 Å². The Labute approximate surface area is 536 Å². The van der Waals surface area contributed by atoms with E-state index in [1.165, 1.54) is 31.2 Å². The minimum atomic E-state index is -4.57. The Kier molecular flexibility index (Phi) is 25.5. The van der Waals surface area contributed by atoms with Crippen molar-refractivity contribution in [2.75, 3.05) is 40.6 Å². The lowest BCUT2D eigenvalue weighted by Crippen LogP contribution is -2.41. The lowest BCUT2D eigenvalue weighted by Gasteiger charge is -2.32. The molecule has 0 spiro atoms. The first-order valence-electron chi connectivity index (χ1n) is 29.7.